The minimum Gasteiger partial charge on any atom is -0.492 e. The summed E-state index contributed by atoms with van der Waals surface area (Å²) < 4.78 is 5.64. The third kappa shape index (κ3) is 4.54. The SMILES string of the molecule is CN(CCOc1ccc(C(=O)NN)cc1)CC1CC1. The molecule has 1 aromatic carbocycles. The zero-order valence-electron chi connectivity index (χ0n) is 11.3. The molecular formula is C14H21N3O2. The van der Waals surface area contributed by atoms with Crippen LogP contribution in [0.2, 0.25) is 0 Å². The third-order valence-electron chi connectivity index (χ3n) is 3.26. The molecular weight excluding hydrogens is 242 g/mol. The van der Waals surface area contributed by atoms with Gasteiger partial charge in [-0.15, -0.1) is 0 Å². The lowest BCUT2D eigenvalue weighted by atomic mass is 10.2. The van der Waals surface area contributed by atoms with E-state index in [0.717, 1.165) is 18.2 Å². The van der Waals surface area contributed by atoms with Crippen LogP contribution in [0.4, 0.5) is 0 Å². The molecule has 1 amide bonds. The van der Waals surface area contributed by atoms with Gasteiger partial charge in [-0.05, 0) is 50.1 Å². The van der Waals surface area contributed by atoms with Gasteiger partial charge in [0.05, 0.1) is 0 Å². The Kier molecular flexibility index (Phi) is 4.76. The minimum atomic E-state index is -0.296. The summed E-state index contributed by atoms with van der Waals surface area (Å²) in [5.41, 5.74) is 2.62. The summed E-state index contributed by atoms with van der Waals surface area (Å²) in [5, 5.41) is 0. The van der Waals surface area contributed by atoms with Gasteiger partial charge in [0.15, 0.2) is 0 Å². The summed E-state index contributed by atoms with van der Waals surface area (Å²) in [6, 6.07) is 6.97. The topological polar surface area (TPSA) is 67.6 Å². The Morgan fingerprint density at radius 2 is 2.11 bits per heavy atom. The predicted molar refractivity (Wildman–Crippen MR) is 73.8 cm³/mol. The molecule has 19 heavy (non-hydrogen) atoms. The average molecular weight is 263 g/mol. The van der Waals surface area contributed by atoms with E-state index in [1.165, 1.54) is 19.4 Å². The molecule has 0 saturated heterocycles. The number of carbonyl (C=O) groups excluding carboxylic acids is 1. The maximum absolute atomic E-state index is 11.3. The van der Waals surface area contributed by atoms with E-state index < -0.39 is 0 Å². The first-order valence-electron chi connectivity index (χ1n) is 6.61. The van der Waals surface area contributed by atoms with Crippen LogP contribution < -0.4 is 16.0 Å². The number of nitrogens with zero attached hydrogens (tertiary/aromatic N) is 1. The number of carbonyl (C=O) groups is 1. The summed E-state index contributed by atoms with van der Waals surface area (Å²) in [5.74, 6) is 6.44. The van der Waals surface area contributed by atoms with Crippen LogP contribution in [0, 0.1) is 5.92 Å². The summed E-state index contributed by atoms with van der Waals surface area (Å²) >= 11 is 0. The standard InChI is InChI=1S/C14H21N3O2/c1-17(10-11-2-3-11)8-9-19-13-6-4-12(5-7-13)14(18)16-15/h4-7,11H,2-3,8-10,15H2,1H3,(H,16,18). The van der Waals surface area contributed by atoms with Crippen molar-refractivity contribution in [2.45, 2.75) is 12.8 Å². The fraction of sp³-hybridized carbons (Fsp3) is 0.500. The summed E-state index contributed by atoms with van der Waals surface area (Å²) in [6.45, 7) is 2.74. The molecule has 0 unspecified atom stereocenters. The third-order valence-corrected chi connectivity index (χ3v) is 3.26. The van der Waals surface area contributed by atoms with Crippen molar-refractivity contribution in [3.8, 4) is 5.75 Å². The smallest absolute Gasteiger partial charge is 0.265 e. The molecule has 0 atom stereocenters. The van der Waals surface area contributed by atoms with Crippen molar-refractivity contribution in [1.29, 1.82) is 0 Å². The van der Waals surface area contributed by atoms with Crippen LogP contribution in [-0.4, -0.2) is 37.6 Å². The highest BCUT2D eigenvalue weighted by atomic mass is 16.5. The van der Waals surface area contributed by atoms with Crippen molar-refractivity contribution in [3.05, 3.63) is 29.8 Å². The van der Waals surface area contributed by atoms with E-state index in [1.807, 2.05) is 0 Å². The number of hydrazine groups is 1. The van der Waals surface area contributed by atoms with Crippen LogP contribution in [0.15, 0.2) is 24.3 Å². The Morgan fingerprint density at radius 1 is 1.42 bits per heavy atom. The first kappa shape index (κ1) is 13.8. The molecule has 1 saturated carbocycles. The van der Waals surface area contributed by atoms with Crippen molar-refractivity contribution in [2.24, 2.45) is 11.8 Å². The molecule has 5 heteroatoms. The first-order valence-corrected chi connectivity index (χ1v) is 6.61. The number of benzene rings is 1. The molecule has 0 spiro atoms. The lowest BCUT2D eigenvalue weighted by Crippen LogP contribution is -2.29. The summed E-state index contributed by atoms with van der Waals surface area (Å²) in [7, 11) is 2.12. The van der Waals surface area contributed by atoms with Crippen LogP contribution in [0.3, 0.4) is 0 Å². The normalized spacial score (nSPS) is 14.5. The molecule has 104 valence electrons. The highest BCUT2D eigenvalue weighted by Gasteiger charge is 2.22. The number of nitrogens with one attached hydrogen (secondary N) is 1. The number of ether oxygens (including phenoxy) is 1. The molecule has 1 aliphatic carbocycles. The van der Waals surface area contributed by atoms with Gasteiger partial charge in [-0.1, -0.05) is 0 Å². The minimum absolute atomic E-state index is 0.296. The molecule has 0 aromatic heterocycles. The Hall–Kier alpha value is -1.59. The van der Waals surface area contributed by atoms with E-state index >= 15 is 0 Å². The van der Waals surface area contributed by atoms with Crippen molar-refractivity contribution in [2.75, 3.05) is 26.7 Å². The zero-order chi connectivity index (χ0) is 13.7. The molecule has 0 radical (unpaired) electrons. The first-order chi connectivity index (χ1) is 9.19. The number of nitrogen functional groups attached to an aromatic ring is 1. The fourth-order valence-corrected chi connectivity index (χ4v) is 1.94. The van der Waals surface area contributed by atoms with Gasteiger partial charge in [-0.3, -0.25) is 10.2 Å². The zero-order valence-corrected chi connectivity index (χ0v) is 11.3. The summed E-state index contributed by atoms with van der Waals surface area (Å²) in [4.78, 5) is 13.6. The van der Waals surface area contributed by atoms with Crippen molar-refractivity contribution in [1.82, 2.24) is 10.3 Å². The number of nitrogens with two attached hydrogens (primary N) is 1. The maximum Gasteiger partial charge on any atom is 0.265 e. The quantitative estimate of drug-likeness (QED) is 0.438. The van der Waals surface area contributed by atoms with Crippen LogP contribution in [0.5, 0.6) is 5.75 Å². The molecule has 1 aromatic rings. The molecule has 3 N–H and O–H groups in total. The van der Waals surface area contributed by atoms with Gasteiger partial charge in [-0.2, -0.15) is 0 Å². The van der Waals surface area contributed by atoms with E-state index in [9.17, 15) is 4.79 Å². The number of hydrogen-bond acceptors (Lipinski definition) is 4. The van der Waals surface area contributed by atoms with E-state index in [1.54, 1.807) is 24.3 Å². The molecule has 2 rings (SSSR count). The van der Waals surface area contributed by atoms with E-state index in [4.69, 9.17) is 10.6 Å². The van der Waals surface area contributed by atoms with Crippen LogP contribution >= 0.6 is 0 Å². The Bertz CT molecular complexity index is 415. The highest BCUT2D eigenvalue weighted by molar-refractivity contribution is 5.93. The Balaban J connectivity index is 1.71. The molecule has 0 bridgehead atoms. The van der Waals surface area contributed by atoms with Crippen molar-refractivity contribution >= 4 is 5.91 Å². The van der Waals surface area contributed by atoms with Gasteiger partial charge in [0.2, 0.25) is 0 Å². The Labute approximate surface area is 113 Å². The molecule has 1 fully saturated rings. The van der Waals surface area contributed by atoms with Crippen LogP contribution in [0.25, 0.3) is 0 Å². The maximum atomic E-state index is 11.3. The summed E-state index contributed by atoms with van der Waals surface area (Å²) in [6.07, 6.45) is 2.74. The molecule has 1 aliphatic rings. The van der Waals surface area contributed by atoms with Gasteiger partial charge in [0.25, 0.3) is 5.91 Å². The second kappa shape index (κ2) is 6.54. The molecule has 0 aliphatic heterocycles. The monoisotopic (exact) mass is 263 g/mol. The number of rotatable bonds is 7. The second-order valence-corrected chi connectivity index (χ2v) is 5.05. The highest BCUT2D eigenvalue weighted by Crippen LogP contribution is 2.29. The van der Waals surface area contributed by atoms with Crippen molar-refractivity contribution < 1.29 is 9.53 Å². The van der Waals surface area contributed by atoms with E-state index in [0.29, 0.717) is 12.2 Å². The molecule has 5 nitrogen and oxygen atoms in total. The molecule has 0 heterocycles. The Morgan fingerprint density at radius 3 is 2.68 bits per heavy atom. The predicted octanol–water partition coefficient (Wildman–Crippen LogP) is 1.01. The van der Waals surface area contributed by atoms with Crippen LogP contribution in [-0.2, 0) is 0 Å². The van der Waals surface area contributed by atoms with Crippen LogP contribution in [0.1, 0.15) is 23.2 Å². The van der Waals surface area contributed by atoms with E-state index in [2.05, 4.69) is 17.4 Å². The number of hydrogen-bond donors (Lipinski definition) is 2. The second-order valence-electron chi connectivity index (χ2n) is 5.05. The van der Waals surface area contributed by atoms with Gasteiger partial charge in [0, 0.05) is 18.7 Å². The lowest BCUT2D eigenvalue weighted by molar-refractivity contribution is 0.0953. The number of likely N-dealkylation sites (N-methyl/N-ethyl adjacent to an activating group) is 1. The van der Waals surface area contributed by atoms with Gasteiger partial charge >= 0.3 is 0 Å². The average Bonchev–Trinajstić information content (AvgIpc) is 3.22. The lowest BCUT2D eigenvalue weighted by Gasteiger charge is -2.16. The van der Waals surface area contributed by atoms with Gasteiger partial charge < -0.3 is 9.64 Å². The van der Waals surface area contributed by atoms with Gasteiger partial charge in [0.1, 0.15) is 12.4 Å². The fourth-order valence-electron chi connectivity index (χ4n) is 1.94. The largest absolute Gasteiger partial charge is 0.492 e. The number of amides is 1. The van der Waals surface area contributed by atoms with Crippen molar-refractivity contribution in [3.63, 3.8) is 0 Å². The van der Waals surface area contributed by atoms with E-state index in [-0.39, 0.29) is 5.91 Å². The van der Waals surface area contributed by atoms with Gasteiger partial charge in [-0.25, -0.2) is 5.84 Å².